The lowest BCUT2D eigenvalue weighted by atomic mass is 9.95. The molecule has 0 heterocycles. The number of rotatable bonds is 14. The second-order valence-corrected chi connectivity index (χ2v) is 12.5. The zero-order chi connectivity index (χ0) is 29.6. The Labute approximate surface area is 226 Å². The molecule has 12 heteroatoms. The summed E-state index contributed by atoms with van der Waals surface area (Å²) in [5.41, 5.74) is -1.13. The zero-order valence-corrected chi connectivity index (χ0v) is 23.2. The number of carbonyl (C=O) groups is 1. The number of likely N-dealkylation sites (N-methyl/N-ethyl adjacent to an activating group) is 1. The minimum absolute atomic E-state index is 0.00996. The van der Waals surface area contributed by atoms with Gasteiger partial charge < -0.3 is 15.5 Å². The van der Waals surface area contributed by atoms with E-state index in [1.165, 1.54) is 13.0 Å². The van der Waals surface area contributed by atoms with Crippen molar-refractivity contribution in [1.29, 1.82) is 0 Å². The number of aliphatic hydroxyl groups is 1. The summed E-state index contributed by atoms with van der Waals surface area (Å²) >= 11 is 0. The average molecular weight is 577 g/mol. The van der Waals surface area contributed by atoms with Crippen LogP contribution in [0.5, 0.6) is 0 Å². The number of alkyl halides is 3. The third-order valence-electron chi connectivity index (χ3n) is 6.50. The smallest absolute Gasteiger partial charge is 0.416 e. The van der Waals surface area contributed by atoms with Crippen molar-refractivity contribution in [2.45, 2.75) is 75.1 Å². The van der Waals surface area contributed by atoms with Crippen molar-refractivity contribution in [2.24, 2.45) is 0 Å². The third-order valence-corrected chi connectivity index (χ3v) is 8.31. The van der Waals surface area contributed by atoms with Crippen LogP contribution in [0.1, 0.15) is 62.6 Å². The number of nitrogens with zero attached hydrogens (tertiary/aromatic N) is 1. The molecule has 0 saturated heterocycles. The van der Waals surface area contributed by atoms with Crippen LogP contribution in [-0.4, -0.2) is 60.7 Å². The molecule has 0 fully saturated rings. The Morgan fingerprint density at radius 1 is 1.13 bits per heavy atom. The van der Waals surface area contributed by atoms with Crippen LogP contribution in [0.15, 0.2) is 47.4 Å². The van der Waals surface area contributed by atoms with Gasteiger partial charge in [-0.2, -0.15) is 17.5 Å². The van der Waals surface area contributed by atoms with E-state index in [0.717, 1.165) is 23.5 Å². The Morgan fingerprint density at radius 3 is 2.36 bits per heavy atom. The number of nitrogens with one attached hydrogen (secondary N) is 1. The van der Waals surface area contributed by atoms with Gasteiger partial charge >= 0.3 is 12.1 Å². The van der Waals surface area contributed by atoms with Crippen LogP contribution in [0.25, 0.3) is 0 Å². The first-order chi connectivity index (χ1) is 17.9. The number of β-amino-alcohol motifs (C(OH)–C–C–N with tert-alkyl or cyclic N) is 1. The average Bonchev–Trinajstić information content (AvgIpc) is 2.82. The summed E-state index contributed by atoms with van der Waals surface area (Å²) in [5.74, 6) is -2.36. The Morgan fingerprint density at radius 2 is 1.77 bits per heavy atom. The van der Waals surface area contributed by atoms with Gasteiger partial charge in [-0.3, -0.25) is 4.79 Å². The van der Waals surface area contributed by atoms with Crippen molar-refractivity contribution < 1.29 is 41.0 Å². The molecule has 7 nitrogen and oxygen atoms in total. The van der Waals surface area contributed by atoms with Gasteiger partial charge in [-0.05, 0) is 74.4 Å². The van der Waals surface area contributed by atoms with Gasteiger partial charge in [-0.25, -0.2) is 12.8 Å². The van der Waals surface area contributed by atoms with Gasteiger partial charge in [0.25, 0.3) is 0 Å². The molecule has 0 aromatic heterocycles. The minimum Gasteiger partial charge on any atom is -0.481 e. The van der Waals surface area contributed by atoms with E-state index in [4.69, 9.17) is 5.11 Å². The van der Waals surface area contributed by atoms with Crippen molar-refractivity contribution in [3.05, 3.63) is 65.0 Å². The van der Waals surface area contributed by atoms with Crippen LogP contribution >= 0.6 is 0 Å². The molecule has 0 radical (unpaired) electrons. The number of aryl methyl sites for hydroxylation is 1. The highest BCUT2D eigenvalue weighted by Gasteiger charge is 2.34. The lowest BCUT2D eigenvalue weighted by Gasteiger charge is -2.29. The maximum Gasteiger partial charge on any atom is 0.416 e. The van der Waals surface area contributed by atoms with Gasteiger partial charge in [0.15, 0.2) is 0 Å². The third kappa shape index (κ3) is 9.86. The van der Waals surface area contributed by atoms with Crippen molar-refractivity contribution in [3.63, 3.8) is 0 Å². The highest BCUT2D eigenvalue weighted by Crippen LogP contribution is 2.34. The van der Waals surface area contributed by atoms with E-state index in [0.29, 0.717) is 30.9 Å². The molecular formula is C27H36F4N2O5S. The number of carboxylic acids is 1. The lowest BCUT2D eigenvalue weighted by molar-refractivity contribution is -0.138. The molecule has 0 saturated carbocycles. The zero-order valence-electron chi connectivity index (χ0n) is 22.4. The van der Waals surface area contributed by atoms with E-state index in [1.807, 2.05) is 13.8 Å². The fraction of sp³-hybridized carbons (Fsp3) is 0.519. The standard InChI is InChI=1S/C27H36F4N2O5S/c1-18(12-25(35)36)20-13-21(27(29,30)31)15-23(14-20)39(37,38)33(4)17-22(34)16-32-26(2,3)11-7-9-19-8-5-6-10-24(19)28/h5-6,8,10,13-15,18,22,32,34H,7,9,11-12,16-17H2,1-4H3,(H,35,36)/t18?,22-/m0/s1. The van der Waals surface area contributed by atoms with Crippen LogP contribution < -0.4 is 5.32 Å². The topological polar surface area (TPSA) is 107 Å². The Hall–Kier alpha value is -2.54. The first-order valence-corrected chi connectivity index (χ1v) is 13.9. The van der Waals surface area contributed by atoms with Gasteiger partial charge in [0, 0.05) is 25.7 Å². The summed E-state index contributed by atoms with van der Waals surface area (Å²) < 4.78 is 81.3. The summed E-state index contributed by atoms with van der Waals surface area (Å²) in [4.78, 5) is 10.4. The largest absolute Gasteiger partial charge is 0.481 e. The summed E-state index contributed by atoms with van der Waals surface area (Å²) in [6.07, 6.45) is -4.65. The predicted molar refractivity (Wildman–Crippen MR) is 139 cm³/mol. The summed E-state index contributed by atoms with van der Waals surface area (Å²) in [6, 6.07) is 8.80. The van der Waals surface area contributed by atoms with Gasteiger partial charge in [0.2, 0.25) is 10.0 Å². The number of aliphatic carboxylic acids is 1. The van der Waals surface area contributed by atoms with E-state index in [-0.39, 0.29) is 17.9 Å². The van der Waals surface area contributed by atoms with Crippen LogP contribution in [0, 0.1) is 5.82 Å². The first-order valence-electron chi connectivity index (χ1n) is 12.5. The summed E-state index contributed by atoms with van der Waals surface area (Å²) in [7, 11) is -3.29. The molecule has 218 valence electrons. The molecule has 2 atom stereocenters. The van der Waals surface area contributed by atoms with Crippen LogP contribution in [0.4, 0.5) is 17.6 Å². The van der Waals surface area contributed by atoms with Crippen molar-refractivity contribution in [3.8, 4) is 0 Å². The van der Waals surface area contributed by atoms with Gasteiger partial charge in [0.05, 0.1) is 23.0 Å². The quantitative estimate of drug-likeness (QED) is 0.279. The highest BCUT2D eigenvalue weighted by atomic mass is 32.2. The van der Waals surface area contributed by atoms with Gasteiger partial charge in [0.1, 0.15) is 5.82 Å². The fourth-order valence-corrected chi connectivity index (χ4v) is 5.43. The number of aliphatic hydroxyl groups excluding tert-OH is 1. The monoisotopic (exact) mass is 576 g/mol. The fourth-order valence-electron chi connectivity index (χ4n) is 4.14. The number of sulfonamides is 1. The van der Waals surface area contributed by atoms with E-state index in [9.17, 15) is 35.9 Å². The molecule has 0 bridgehead atoms. The van der Waals surface area contributed by atoms with E-state index >= 15 is 0 Å². The molecule has 3 N–H and O–H groups in total. The minimum atomic E-state index is -4.84. The lowest BCUT2D eigenvalue weighted by Crippen LogP contribution is -2.46. The number of hydrogen-bond donors (Lipinski definition) is 3. The molecule has 39 heavy (non-hydrogen) atoms. The van der Waals surface area contributed by atoms with Gasteiger partial charge in [-0.1, -0.05) is 25.1 Å². The second-order valence-electron chi connectivity index (χ2n) is 10.4. The second kappa shape index (κ2) is 13.2. The maximum absolute atomic E-state index is 13.8. The van der Waals surface area contributed by atoms with Crippen molar-refractivity contribution >= 4 is 16.0 Å². The molecule has 2 rings (SSSR count). The van der Waals surface area contributed by atoms with Crippen molar-refractivity contribution in [1.82, 2.24) is 9.62 Å². The predicted octanol–water partition coefficient (Wildman–Crippen LogP) is 4.80. The Kier molecular flexibility index (Phi) is 11.1. The number of carboxylic acid groups (broad SMARTS) is 1. The maximum atomic E-state index is 13.8. The first kappa shape index (κ1) is 32.7. The molecular weight excluding hydrogens is 540 g/mol. The van der Waals surface area contributed by atoms with Crippen LogP contribution in [0.2, 0.25) is 0 Å². The van der Waals surface area contributed by atoms with E-state index in [1.54, 1.807) is 18.2 Å². The molecule has 0 amide bonds. The summed E-state index contributed by atoms with van der Waals surface area (Å²) in [6.45, 7) is 4.80. The van der Waals surface area contributed by atoms with Crippen molar-refractivity contribution in [2.75, 3.05) is 20.1 Å². The molecule has 0 aliphatic heterocycles. The van der Waals surface area contributed by atoms with E-state index < -0.39 is 63.2 Å². The van der Waals surface area contributed by atoms with Crippen LogP contribution in [-0.2, 0) is 27.4 Å². The molecule has 1 unspecified atom stereocenters. The molecule has 0 aliphatic rings. The molecule has 2 aromatic rings. The van der Waals surface area contributed by atoms with Crippen LogP contribution in [0.3, 0.4) is 0 Å². The normalized spacial score (nSPS) is 14.4. The highest BCUT2D eigenvalue weighted by molar-refractivity contribution is 7.89. The molecule has 0 spiro atoms. The molecule has 0 aliphatic carbocycles. The number of hydrogen-bond acceptors (Lipinski definition) is 5. The Bertz CT molecular complexity index is 1230. The van der Waals surface area contributed by atoms with Gasteiger partial charge in [-0.15, -0.1) is 0 Å². The SMILES string of the molecule is CC(CC(=O)O)c1cc(C(F)(F)F)cc(S(=O)(=O)N(C)C[C@@H](O)CNC(C)(C)CCCc2ccccc2F)c1. The number of benzene rings is 2. The Balaban J connectivity index is 2.06. The van der Waals surface area contributed by atoms with E-state index in [2.05, 4.69) is 5.32 Å². The number of halogens is 4. The summed E-state index contributed by atoms with van der Waals surface area (Å²) in [5, 5.41) is 22.7. The molecule has 2 aromatic carbocycles.